The Balaban J connectivity index is 2.14. The molecular formula is C16H15N5O4. The van der Waals surface area contributed by atoms with Crippen LogP contribution in [0.2, 0.25) is 0 Å². The highest BCUT2D eigenvalue weighted by Crippen LogP contribution is 2.50. The van der Waals surface area contributed by atoms with Gasteiger partial charge in [-0.1, -0.05) is 12.1 Å². The Morgan fingerprint density at radius 3 is 2.36 bits per heavy atom. The van der Waals surface area contributed by atoms with E-state index in [1.54, 1.807) is 24.3 Å². The Kier molecular flexibility index (Phi) is 4.12. The van der Waals surface area contributed by atoms with Crippen LogP contribution >= 0.6 is 0 Å². The molecule has 3 rings (SSSR count). The first-order chi connectivity index (χ1) is 12.0. The van der Waals surface area contributed by atoms with Gasteiger partial charge in [-0.05, 0) is 24.3 Å². The fraction of sp³-hybridized carbons (Fsp3) is 0.0625. The average molecular weight is 341 g/mol. The van der Waals surface area contributed by atoms with Crippen molar-refractivity contribution >= 4 is 23.6 Å². The summed E-state index contributed by atoms with van der Waals surface area (Å²) in [5.74, 6) is 0.551. The number of hydrogen-bond acceptors (Lipinski definition) is 5. The third-order valence-electron chi connectivity index (χ3n) is 3.22. The minimum absolute atomic E-state index is 0.202. The van der Waals surface area contributed by atoms with E-state index in [1.807, 2.05) is 0 Å². The van der Waals surface area contributed by atoms with Crippen molar-refractivity contribution in [2.45, 2.75) is 0 Å². The minimum Gasteiger partial charge on any atom is -0.465 e. The van der Waals surface area contributed by atoms with Crippen molar-refractivity contribution in [3.8, 4) is 23.0 Å². The largest absolute Gasteiger partial charge is 0.465 e. The Bertz CT molecular complexity index is 903. The first-order valence-electron chi connectivity index (χ1n) is 7.13. The molecule has 2 aromatic rings. The van der Waals surface area contributed by atoms with Gasteiger partial charge in [0.15, 0.2) is 29.0 Å². The fourth-order valence-electron chi connectivity index (χ4n) is 2.21. The summed E-state index contributed by atoms with van der Waals surface area (Å²) < 4.78 is 16.4. The Hall–Kier alpha value is -3.75. The summed E-state index contributed by atoms with van der Waals surface area (Å²) in [4.78, 5) is 19.6. The van der Waals surface area contributed by atoms with Gasteiger partial charge in [-0.3, -0.25) is 0 Å². The topological polar surface area (TPSA) is 148 Å². The molecule has 25 heavy (non-hydrogen) atoms. The molecule has 0 saturated carbocycles. The number of carbonyl (C=O) groups is 1. The van der Waals surface area contributed by atoms with Gasteiger partial charge in [0.2, 0.25) is 5.96 Å². The number of hydrogen-bond donors (Lipinski definition) is 3. The zero-order valence-corrected chi connectivity index (χ0v) is 13.2. The molecule has 1 aliphatic heterocycles. The lowest BCUT2D eigenvalue weighted by molar-refractivity contribution is 0.0600. The number of carbonyl (C=O) groups excluding carboxylic acids is 1. The van der Waals surface area contributed by atoms with Crippen LogP contribution in [0.25, 0.3) is 0 Å². The summed E-state index contributed by atoms with van der Waals surface area (Å²) in [6.07, 6.45) is 0. The van der Waals surface area contributed by atoms with Crippen LogP contribution < -0.4 is 26.7 Å². The van der Waals surface area contributed by atoms with Crippen molar-refractivity contribution in [2.75, 3.05) is 7.11 Å². The van der Waals surface area contributed by atoms with Crippen LogP contribution in [0.5, 0.6) is 23.0 Å². The van der Waals surface area contributed by atoms with Gasteiger partial charge in [0.25, 0.3) is 0 Å². The van der Waals surface area contributed by atoms with Crippen LogP contribution in [0.1, 0.15) is 10.4 Å². The van der Waals surface area contributed by atoms with Gasteiger partial charge in [0.05, 0.1) is 12.7 Å². The van der Waals surface area contributed by atoms with Crippen LogP contribution in [0.4, 0.5) is 5.69 Å². The molecule has 0 unspecified atom stereocenters. The van der Waals surface area contributed by atoms with E-state index in [2.05, 4.69) is 9.98 Å². The van der Waals surface area contributed by atoms with Gasteiger partial charge in [-0.15, -0.1) is 0 Å². The first-order valence-corrected chi connectivity index (χ1v) is 7.13. The lowest BCUT2D eigenvalue weighted by Crippen LogP contribution is -2.26. The fourth-order valence-corrected chi connectivity index (χ4v) is 2.21. The molecule has 0 fully saturated rings. The number of methoxy groups -OCH3 is 1. The summed E-state index contributed by atoms with van der Waals surface area (Å²) in [6, 6.07) is 10.0. The second-order valence-electron chi connectivity index (χ2n) is 4.97. The van der Waals surface area contributed by atoms with Crippen LogP contribution in [-0.2, 0) is 4.74 Å². The molecule has 0 aliphatic carbocycles. The number of nitrogens with two attached hydrogens (primary N) is 3. The van der Waals surface area contributed by atoms with Gasteiger partial charge in [-0.25, -0.2) is 9.79 Å². The quantitative estimate of drug-likeness (QED) is 0.364. The van der Waals surface area contributed by atoms with Gasteiger partial charge in [-0.2, -0.15) is 4.99 Å². The molecule has 128 valence electrons. The Morgan fingerprint density at radius 2 is 1.72 bits per heavy atom. The molecule has 0 aromatic heterocycles. The first kappa shape index (κ1) is 16.1. The van der Waals surface area contributed by atoms with Crippen molar-refractivity contribution in [1.29, 1.82) is 0 Å². The molecule has 0 atom stereocenters. The van der Waals surface area contributed by atoms with Crippen molar-refractivity contribution < 1.29 is 19.0 Å². The minimum atomic E-state index is -0.567. The second kappa shape index (κ2) is 6.40. The van der Waals surface area contributed by atoms with Crippen molar-refractivity contribution in [2.24, 2.45) is 27.2 Å². The molecule has 0 amide bonds. The monoisotopic (exact) mass is 341 g/mol. The number of ether oxygens (including phenoxy) is 3. The molecule has 0 bridgehead atoms. The molecule has 0 saturated heterocycles. The number of para-hydroxylation sites is 2. The zero-order chi connectivity index (χ0) is 18.0. The lowest BCUT2D eigenvalue weighted by atomic mass is 10.1. The highest BCUT2D eigenvalue weighted by atomic mass is 16.6. The molecule has 1 aliphatic rings. The molecule has 0 radical (unpaired) electrons. The number of aliphatic imine (C=N–C) groups is 2. The maximum absolute atomic E-state index is 11.9. The van der Waals surface area contributed by atoms with E-state index in [-0.39, 0.29) is 34.7 Å². The van der Waals surface area contributed by atoms with E-state index in [0.717, 1.165) is 0 Å². The summed E-state index contributed by atoms with van der Waals surface area (Å²) in [6.45, 7) is 0. The van der Waals surface area contributed by atoms with E-state index in [9.17, 15) is 4.79 Å². The number of rotatable bonds is 2. The smallest absolute Gasteiger partial charge is 0.338 e. The number of esters is 1. The number of nitrogens with zero attached hydrogens (tertiary/aromatic N) is 2. The van der Waals surface area contributed by atoms with E-state index in [1.165, 1.54) is 19.2 Å². The lowest BCUT2D eigenvalue weighted by Gasteiger charge is -2.22. The number of benzene rings is 2. The van der Waals surface area contributed by atoms with E-state index in [4.69, 9.17) is 31.4 Å². The van der Waals surface area contributed by atoms with E-state index in [0.29, 0.717) is 11.5 Å². The normalized spacial score (nSPS) is 12.1. The summed E-state index contributed by atoms with van der Waals surface area (Å²) in [7, 11) is 1.27. The van der Waals surface area contributed by atoms with Crippen LogP contribution in [0, 0.1) is 0 Å². The maximum atomic E-state index is 11.9. The van der Waals surface area contributed by atoms with E-state index >= 15 is 0 Å². The number of fused-ring (bicyclic) bond motifs is 2. The van der Waals surface area contributed by atoms with Crippen LogP contribution in [0.3, 0.4) is 0 Å². The Labute approximate surface area is 142 Å². The van der Waals surface area contributed by atoms with Crippen molar-refractivity contribution in [1.82, 2.24) is 0 Å². The highest BCUT2D eigenvalue weighted by molar-refractivity contribution is 5.96. The van der Waals surface area contributed by atoms with Gasteiger partial charge < -0.3 is 31.4 Å². The maximum Gasteiger partial charge on any atom is 0.338 e. The summed E-state index contributed by atoms with van der Waals surface area (Å²) in [5.41, 5.74) is 16.7. The third kappa shape index (κ3) is 3.29. The van der Waals surface area contributed by atoms with Gasteiger partial charge in [0.1, 0.15) is 5.69 Å². The number of guanidine groups is 2. The molecule has 0 spiro atoms. The second-order valence-corrected chi connectivity index (χ2v) is 4.97. The average Bonchev–Trinajstić information content (AvgIpc) is 2.58. The van der Waals surface area contributed by atoms with Crippen LogP contribution in [0.15, 0.2) is 46.4 Å². The predicted molar refractivity (Wildman–Crippen MR) is 91.5 cm³/mol. The molecule has 1 heterocycles. The highest BCUT2D eigenvalue weighted by Gasteiger charge is 2.24. The zero-order valence-electron chi connectivity index (χ0n) is 13.2. The van der Waals surface area contributed by atoms with Gasteiger partial charge >= 0.3 is 5.97 Å². The molecule has 6 N–H and O–H groups in total. The molecular weight excluding hydrogens is 326 g/mol. The summed E-state index contributed by atoms with van der Waals surface area (Å²) in [5, 5.41) is 0. The summed E-state index contributed by atoms with van der Waals surface area (Å²) >= 11 is 0. The van der Waals surface area contributed by atoms with E-state index < -0.39 is 5.97 Å². The third-order valence-corrected chi connectivity index (χ3v) is 3.22. The Morgan fingerprint density at radius 1 is 1.04 bits per heavy atom. The SMILES string of the molecule is COC(=O)c1cc(N=C(N)N=C(N)N)c2c(c1)Oc1ccccc1O2. The molecule has 2 aromatic carbocycles. The predicted octanol–water partition coefficient (Wildman–Crippen LogP) is 1.59. The van der Waals surface area contributed by atoms with Gasteiger partial charge in [0, 0.05) is 0 Å². The molecule has 9 nitrogen and oxygen atoms in total. The van der Waals surface area contributed by atoms with Crippen LogP contribution in [-0.4, -0.2) is 25.0 Å². The standard InChI is InChI=1S/C16H15N5O4/c1-23-14(22)8-6-9(20-16(19)21-15(17)18)13-12(7-8)24-10-4-2-3-5-11(10)25-13/h2-7H,1H3,(H6,17,18,19,20,21). The van der Waals surface area contributed by atoms with Crippen molar-refractivity contribution in [3.63, 3.8) is 0 Å². The van der Waals surface area contributed by atoms with Crippen molar-refractivity contribution in [3.05, 3.63) is 42.0 Å². The molecule has 9 heteroatoms.